The van der Waals surface area contributed by atoms with Gasteiger partial charge in [-0.3, -0.25) is 9.69 Å². The first-order valence-electron chi connectivity index (χ1n) is 11.7. The van der Waals surface area contributed by atoms with Gasteiger partial charge in [-0.25, -0.2) is 0 Å². The van der Waals surface area contributed by atoms with Gasteiger partial charge in [-0.1, -0.05) is 26.7 Å². The van der Waals surface area contributed by atoms with Gasteiger partial charge in [0.1, 0.15) is 0 Å². The predicted molar refractivity (Wildman–Crippen MR) is 116 cm³/mol. The molecule has 1 aromatic carbocycles. The van der Waals surface area contributed by atoms with Crippen molar-refractivity contribution >= 4 is 11.6 Å². The van der Waals surface area contributed by atoms with E-state index in [1.165, 1.54) is 37.8 Å². The predicted octanol–water partition coefficient (Wildman–Crippen LogP) is 4.47. The van der Waals surface area contributed by atoms with E-state index in [1.807, 2.05) is 0 Å². The number of rotatable bonds is 5. The van der Waals surface area contributed by atoms with Gasteiger partial charge in [0, 0.05) is 37.9 Å². The van der Waals surface area contributed by atoms with Crippen molar-refractivity contribution in [2.45, 2.75) is 70.6 Å². The number of carbonyl (C=O) groups is 1. The van der Waals surface area contributed by atoms with E-state index >= 15 is 0 Å². The van der Waals surface area contributed by atoms with E-state index in [0.717, 1.165) is 31.7 Å². The average Bonchev–Trinajstić information content (AvgIpc) is 3.26. The molecular formula is C24H34F3N3O. The fourth-order valence-corrected chi connectivity index (χ4v) is 5.54. The molecule has 3 aliphatic rings. The van der Waals surface area contributed by atoms with Crippen LogP contribution >= 0.6 is 0 Å². The normalized spacial score (nSPS) is 24.9. The maximum atomic E-state index is 13.3. The number of carbonyl (C=O) groups excluding carboxylic acids is 1. The van der Waals surface area contributed by atoms with Crippen molar-refractivity contribution in [2.24, 2.45) is 11.8 Å². The Morgan fingerprint density at radius 3 is 2.61 bits per heavy atom. The van der Waals surface area contributed by atoms with E-state index in [0.29, 0.717) is 30.5 Å². The van der Waals surface area contributed by atoms with Crippen LogP contribution in [0.1, 0.15) is 57.1 Å². The number of halogens is 3. The van der Waals surface area contributed by atoms with Gasteiger partial charge in [0.15, 0.2) is 0 Å². The maximum Gasteiger partial charge on any atom is 0.416 e. The van der Waals surface area contributed by atoms with Gasteiger partial charge in [0.2, 0.25) is 5.91 Å². The summed E-state index contributed by atoms with van der Waals surface area (Å²) in [5.41, 5.74) is 0.882. The number of nitrogens with one attached hydrogen (secondary N) is 1. The number of fused-ring (bicyclic) bond motifs is 3. The SMILES string of the molecule is CC(C)CCNC(=O)C1Cc2cc(C(F)(F)F)ccc2N2CCN(C3CCCC3)CC12. The molecule has 4 rings (SSSR count). The Hall–Kier alpha value is -1.76. The molecule has 2 atom stereocenters. The van der Waals surface area contributed by atoms with Gasteiger partial charge in [-0.15, -0.1) is 0 Å². The van der Waals surface area contributed by atoms with Crippen LogP contribution in [0.2, 0.25) is 0 Å². The molecule has 2 fully saturated rings. The quantitative estimate of drug-likeness (QED) is 0.738. The van der Waals surface area contributed by atoms with Gasteiger partial charge >= 0.3 is 6.18 Å². The lowest BCUT2D eigenvalue weighted by molar-refractivity contribution is -0.137. The molecule has 0 aromatic heterocycles. The lowest BCUT2D eigenvalue weighted by atomic mass is 9.82. The van der Waals surface area contributed by atoms with Crippen molar-refractivity contribution in [3.8, 4) is 0 Å². The molecule has 2 unspecified atom stereocenters. The Morgan fingerprint density at radius 1 is 1.19 bits per heavy atom. The second-order valence-electron chi connectivity index (χ2n) is 9.82. The number of hydrogen-bond donors (Lipinski definition) is 1. The highest BCUT2D eigenvalue weighted by Gasteiger charge is 2.43. The van der Waals surface area contributed by atoms with Crippen LogP contribution in [0.25, 0.3) is 0 Å². The summed E-state index contributed by atoms with van der Waals surface area (Å²) >= 11 is 0. The van der Waals surface area contributed by atoms with E-state index in [-0.39, 0.29) is 17.9 Å². The molecule has 172 valence electrons. The van der Waals surface area contributed by atoms with Crippen molar-refractivity contribution in [1.29, 1.82) is 0 Å². The van der Waals surface area contributed by atoms with E-state index in [4.69, 9.17) is 0 Å². The van der Waals surface area contributed by atoms with Crippen LogP contribution in [0.15, 0.2) is 18.2 Å². The smallest absolute Gasteiger partial charge is 0.365 e. The van der Waals surface area contributed by atoms with Crippen molar-refractivity contribution in [1.82, 2.24) is 10.2 Å². The second kappa shape index (κ2) is 9.00. The highest BCUT2D eigenvalue weighted by atomic mass is 19.4. The number of amides is 1. The zero-order valence-electron chi connectivity index (χ0n) is 18.5. The molecule has 0 bridgehead atoms. The van der Waals surface area contributed by atoms with Gasteiger partial charge in [0.25, 0.3) is 0 Å². The number of piperazine rings is 1. The average molecular weight is 438 g/mol. The third-order valence-corrected chi connectivity index (χ3v) is 7.27. The molecule has 1 aromatic rings. The van der Waals surface area contributed by atoms with E-state index < -0.39 is 11.7 Å². The van der Waals surface area contributed by atoms with Crippen LogP contribution in [0.4, 0.5) is 18.9 Å². The molecular weight excluding hydrogens is 403 g/mol. The Bertz CT molecular complexity index is 789. The zero-order valence-corrected chi connectivity index (χ0v) is 18.5. The lowest BCUT2D eigenvalue weighted by Crippen LogP contribution is -2.62. The summed E-state index contributed by atoms with van der Waals surface area (Å²) in [6.07, 6.45) is 1.84. The van der Waals surface area contributed by atoms with Crippen LogP contribution in [-0.2, 0) is 17.4 Å². The molecule has 2 heterocycles. The van der Waals surface area contributed by atoms with E-state index in [9.17, 15) is 18.0 Å². The molecule has 7 heteroatoms. The summed E-state index contributed by atoms with van der Waals surface area (Å²) in [6, 6.07) is 4.65. The first-order valence-corrected chi connectivity index (χ1v) is 11.7. The molecule has 31 heavy (non-hydrogen) atoms. The minimum atomic E-state index is -4.37. The van der Waals surface area contributed by atoms with Crippen molar-refractivity contribution in [3.05, 3.63) is 29.3 Å². The molecule has 1 saturated heterocycles. The highest BCUT2D eigenvalue weighted by molar-refractivity contribution is 5.82. The first kappa shape index (κ1) is 22.4. The molecule has 0 spiro atoms. The minimum Gasteiger partial charge on any atom is -0.365 e. The van der Waals surface area contributed by atoms with Gasteiger partial charge in [0.05, 0.1) is 17.5 Å². The van der Waals surface area contributed by atoms with Gasteiger partial charge < -0.3 is 10.2 Å². The molecule has 0 radical (unpaired) electrons. The monoisotopic (exact) mass is 437 g/mol. The lowest BCUT2D eigenvalue weighted by Gasteiger charge is -2.50. The summed E-state index contributed by atoms with van der Waals surface area (Å²) < 4.78 is 39.9. The third kappa shape index (κ3) is 4.86. The van der Waals surface area contributed by atoms with Crippen LogP contribution in [0, 0.1) is 11.8 Å². The number of nitrogens with zero attached hydrogens (tertiary/aromatic N) is 2. The van der Waals surface area contributed by atoms with E-state index in [2.05, 4.69) is 29.0 Å². The molecule has 1 saturated carbocycles. The Kier molecular flexibility index (Phi) is 6.52. The molecule has 1 aliphatic carbocycles. The maximum absolute atomic E-state index is 13.3. The minimum absolute atomic E-state index is 0.0117. The fourth-order valence-electron chi connectivity index (χ4n) is 5.54. The number of hydrogen-bond acceptors (Lipinski definition) is 3. The molecule has 4 nitrogen and oxygen atoms in total. The molecule has 2 aliphatic heterocycles. The van der Waals surface area contributed by atoms with E-state index in [1.54, 1.807) is 6.07 Å². The van der Waals surface area contributed by atoms with Crippen LogP contribution in [-0.4, -0.2) is 49.1 Å². The Balaban J connectivity index is 1.59. The topological polar surface area (TPSA) is 35.6 Å². The van der Waals surface area contributed by atoms with Crippen molar-refractivity contribution in [2.75, 3.05) is 31.1 Å². The fraction of sp³-hybridized carbons (Fsp3) is 0.708. The summed E-state index contributed by atoms with van der Waals surface area (Å²) in [7, 11) is 0. The largest absolute Gasteiger partial charge is 0.416 e. The Morgan fingerprint density at radius 2 is 1.94 bits per heavy atom. The van der Waals surface area contributed by atoms with Crippen LogP contribution < -0.4 is 10.2 Å². The first-order chi connectivity index (χ1) is 14.7. The number of alkyl halides is 3. The second-order valence-corrected chi connectivity index (χ2v) is 9.82. The summed E-state index contributed by atoms with van der Waals surface area (Å²) in [4.78, 5) is 17.9. The summed E-state index contributed by atoms with van der Waals surface area (Å²) in [5.74, 6) is 0.144. The number of benzene rings is 1. The number of anilines is 1. The van der Waals surface area contributed by atoms with Gasteiger partial charge in [-0.05, 0) is 55.4 Å². The summed E-state index contributed by atoms with van der Waals surface area (Å²) in [6.45, 7) is 7.32. The zero-order chi connectivity index (χ0) is 22.2. The summed E-state index contributed by atoms with van der Waals surface area (Å²) in [5, 5.41) is 3.07. The standard InChI is InChI=1S/C24H34F3N3O/c1-16(2)9-10-28-23(31)20-14-17-13-18(24(25,26)27)7-8-21(17)30-12-11-29(15-22(20)30)19-5-3-4-6-19/h7-8,13,16,19-20,22H,3-6,9-12,14-15H2,1-2H3,(H,28,31). The van der Waals surface area contributed by atoms with Crippen molar-refractivity contribution < 1.29 is 18.0 Å². The van der Waals surface area contributed by atoms with Crippen molar-refractivity contribution in [3.63, 3.8) is 0 Å². The third-order valence-electron chi connectivity index (χ3n) is 7.27. The van der Waals surface area contributed by atoms with Crippen LogP contribution in [0.5, 0.6) is 0 Å². The molecule has 1 N–H and O–H groups in total. The Labute approximate surface area is 183 Å². The highest BCUT2D eigenvalue weighted by Crippen LogP contribution is 2.40. The van der Waals surface area contributed by atoms with Gasteiger partial charge in [-0.2, -0.15) is 13.2 Å². The molecule has 1 amide bonds. The van der Waals surface area contributed by atoms with Crippen LogP contribution in [0.3, 0.4) is 0 Å².